The highest BCUT2D eigenvalue weighted by Gasteiger charge is 2.46. The van der Waals surface area contributed by atoms with Gasteiger partial charge in [0, 0.05) is 29.9 Å². The van der Waals surface area contributed by atoms with Gasteiger partial charge in [-0.1, -0.05) is 73.5 Å². The number of fused-ring (bicyclic) bond motifs is 2. The zero-order valence-corrected chi connectivity index (χ0v) is 21.5. The fraction of sp³-hybridized carbons (Fsp3) is 0.387. The van der Waals surface area contributed by atoms with Gasteiger partial charge >= 0.3 is 6.03 Å². The molecule has 0 radical (unpaired) electrons. The topological polar surface area (TPSA) is 35.6 Å². The molecule has 5 rings (SSSR count). The van der Waals surface area contributed by atoms with Crippen molar-refractivity contribution in [3.05, 3.63) is 94.5 Å². The lowest BCUT2D eigenvalue weighted by atomic mass is 9.74. The summed E-state index contributed by atoms with van der Waals surface area (Å²) >= 11 is 0. The van der Waals surface area contributed by atoms with Crippen molar-refractivity contribution in [2.45, 2.75) is 58.4 Å². The summed E-state index contributed by atoms with van der Waals surface area (Å²) < 4.78 is 0. The number of carbonyl (C=O) groups is 1. The summed E-state index contributed by atoms with van der Waals surface area (Å²) in [5.74, 6) is 0.477. The van der Waals surface area contributed by atoms with Crippen LogP contribution in [0.25, 0.3) is 0 Å². The normalized spacial score (nSPS) is 17.1. The predicted octanol–water partition coefficient (Wildman–Crippen LogP) is 7.01. The van der Waals surface area contributed by atoms with Crippen LogP contribution < -0.4 is 10.2 Å². The predicted molar refractivity (Wildman–Crippen MR) is 145 cm³/mol. The monoisotopic (exact) mass is 467 g/mol. The molecule has 3 aromatic rings. The molecule has 0 unspecified atom stereocenters. The van der Waals surface area contributed by atoms with Crippen LogP contribution in [0, 0.1) is 13.8 Å². The summed E-state index contributed by atoms with van der Waals surface area (Å²) in [5, 5.41) is 3.15. The number of aryl methyl sites for hydroxylation is 2. The van der Waals surface area contributed by atoms with Crippen LogP contribution >= 0.6 is 0 Å². The third kappa shape index (κ3) is 4.85. The summed E-state index contributed by atoms with van der Waals surface area (Å²) in [4.78, 5) is 18.0. The van der Waals surface area contributed by atoms with E-state index in [9.17, 15) is 4.79 Å². The van der Waals surface area contributed by atoms with Gasteiger partial charge in [0.05, 0.1) is 0 Å². The number of nitrogens with zero attached hydrogens (tertiary/aromatic N) is 2. The maximum atomic E-state index is 13.4. The van der Waals surface area contributed by atoms with Crippen molar-refractivity contribution in [3.63, 3.8) is 0 Å². The maximum Gasteiger partial charge on any atom is 0.326 e. The first kappa shape index (κ1) is 23.6. The van der Waals surface area contributed by atoms with E-state index in [0.717, 1.165) is 50.4 Å². The molecule has 2 heterocycles. The summed E-state index contributed by atoms with van der Waals surface area (Å²) in [7, 11) is 0. The van der Waals surface area contributed by atoms with Crippen LogP contribution in [0.4, 0.5) is 16.2 Å². The third-order valence-electron chi connectivity index (χ3n) is 7.89. The maximum absolute atomic E-state index is 13.4. The van der Waals surface area contributed by atoms with Crippen LogP contribution in [-0.2, 0) is 12.0 Å². The number of hydrogen-bond acceptors (Lipinski definition) is 2. The van der Waals surface area contributed by atoms with E-state index in [1.807, 2.05) is 17.0 Å². The van der Waals surface area contributed by atoms with Gasteiger partial charge in [0.15, 0.2) is 0 Å². The van der Waals surface area contributed by atoms with Gasteiger partial charge in [-0.2, -0.15) is 0 Å². The van der Waals surface area contributed by atoms with Crippen molar-refractivity contribution in [2.24, 2.45) is 0 Å². The number of anilines is 2. The molecule has 2 aliphatic rings. The molecule has 1 saturated heterocycles. The SMILES string of the molecule is Cc1ccc(CN2CCC3(CC2)CN(C(=O)Nc2ccc(C(C)C)cc2)c2ccc(C)cc23)cc1. The molecule has 0 atom stereocenters. The minimum atomic E-state index is -0.0358. The van der Waals surface area contributed by atoms with Crippen molar-refractivity contribution >= 4 is 17.4 Å². The zero-order valence-electron chi connectivity index (χ0n) is 21.5. The molecule has 4 nitrogen and oxygen atoms in total. The summed E-state index contributed by atoms with van der Waals surface area (Å²) in [5.41, 5.74) is 8.51. The largest absolute Gasteiger partial charge is 0.326 e. The highest BCUT2D eigenvalue weighted by molar-refractivity contribution is 6.03. The van der Waals surface area contributed by atoms with Crippen molar-refractivity contribution in [3.8, 4) is 0 Å². The third-order valence-corrected chi connectivity index (χ3v) is 7.89. The second kappa shape index (κ2) is 9.50. The lowest BCUT2D eigenvalue weighted by Gasteiger charge is -2.40. The first-order valence-corrected chi connectivity index (χ1v) is 12.9. The van der Waals surface area contributed by atoms with E-state index in [1.165, 1.54) is 27.8 Å². The van der Waals surface area contributed by atoms with Gasteiger partial charge in [0.25, 0.3) is 0 Å². The van der Waals surface area contributed by atoms with Crippen molar-refractivity contribution < 1.29 is 4.79 Å². The Morgan fingerprint density at radius 3 is 2.23 bits per heavy atom. The highest BCUT2D eigenvalue weighted by atomic mass is 16.2. The number of likely N-dealkylation sites (tertiary alicyclic amines) is 1. The molecule has 3 aromatic carbocycles. The van der Waals surface area contributed by atoms with Gasteiger partial charge in [0.1, 0.15) is 0 Å². The van der Waals surface area contributed by atoms with Gasteiger partial charge in [0.2, 0.25) is 0 Å². The summed E-state index contributed by atoms with van der Waals surface area (Å²) in [6, 6.07) is 23.7. The molecule has 4 heteroatoms. The quantitative estimate of drug-likeness (QED) is 0.448. The molecule has 0 aromatic heterocycles. The van der Waals surface area contributed by atoms with Crippen LogP contribution in [0.5, 0.6) is 0 Å². The Balaban J connectivity index is 1.31. The van der Waals surface area contributed by atoms with E-state index in [2.05, 4.69) is 92.5 Å². The molecule has 0 aliphatic carbocycles. The van der Waals surface area contributed by atoms with Crippen LogP contribution in [0.1, 0.15) is 60.4 Å². The molecule has 35 heavy (non-hydrogen) atoms. The van der Waals surface area contributed by atoms with E-state index in [-0.39, 0.29) is 11.4 Å². The second-order valence-corrected chi connectivity index (χ2v) is 10.9. The van der Waals surface area contributed by atoms with Crippen LogP contribution in [-0.4, -0.2) is 30.6 Å². The standard InChI is InChI=1S/C31H37N3O/c1-22(2)26-10-12-27(13-11-26)32-30(35)34-21-31(28-19-24(4)7-14-29(28)34)15-17-33(18-16-31)20-25-8-5-23(3)6-9-25/h5-14,19,22H,15-18,20-21H2,1-4H3,(H,32,35). The fourth-order valence-electron chi connectivity index (χ4n) is 5.62. The Hall–Kier alpha value is -3.11. The van der Waals surface area contributed by atoms with Gasteiger partial charge in [-0.3, -0.25) is 9.80 Å². The number of urea groups is 1. The molecule has 182 valence electrons. The number of amides is 2. The second-order valence-electron chi connectivity index (χ2n) is 10.9. The van der Waals surface area contributed by atoms with Crippen molar-refractivity contribution in [1.29, 1.82) is 0 Å². The number of benzene rings is 3. The molecule has 0 saturated carbocycles. The van der Waals surface area contributed by atoms with E-state index in [4.69, 9.17) is 0 Å². The average molecular weight is 468 g/mol. The van der Waals surface area contributed by atoms with Gasteiger partial charge in [-0.05, 0) is 80.6 Å². The molecule has 2 amide bonds. The van der Waals surface area contributed by atoms with Gasteiger partial charge in [-0.25, -0.2) is 4.79 Å². The van der Waals surface area contributed by atoms with E-state index >= 15 is 0 Å². The fourth-order valence-corrected chi connectivity index (χ4v) is 5.62. The average Bonchev–Trinajstić information content (AvgIpc) is 3.16. The summed E-state index contributed by atoms with van der Waals surface area (Å²) in [6.07, 6.45) is 2.14. The molecule has 1 fully saturated rings. The van der Waals surface area contributed by atoms with E-state index in [1.54, 1.807) is 0 Å². The smallest absolute Gasteiger partial charge is 0.308 e. The Morgan fingerprint density at radius 2 is 1.57 bits per heavy atom. The van der Waals surface area contributed by atoms with E-state index < -0.39 is 0 Å². The number of rotatable bonds is 4. The Bertz CT molecular complexity index is 1190. The van der Waals surface area contributed by atoms with Crippen molar-refractivity contribution in [2.75, 3.05) is 29.9 Å². The number of hydrogen-bond donors (Lipinski definition) is 1. The molecular weight excluding hydrogens is 430 g/mol. The van der Waals surface area contributed by atoms with Crippen LogP contribution in [0.2, 0.25) is 0 Å². The lowest BCUT2D eigenvalue weighted by molar-refractivity contribution is 0.160. The first-order valence-electron chi connectivity index (χ1n) is 12.9. The lowest BCUT2D eigenvalue weighted by Crippen LogP contribution is -2.46. The van der Waals surface area contributed by atoms with Gasteiger partial charge in [-0.15, -0.1) is 0 Å². The first-order chi connectivity index (χ1) is 16.8. The Labute approximate surface area is 210 Å². The van der Waals surface area contributed by atoms with Gasteiger partial charge < -0.3 is 5.32 Å². The molecule has 2 aliphatic heterocycles. The molecule has 1 spiro atoms. The molecule has 1 N–H and O–H groups in total. The number of carbonyl (C=O) groups excluding carboxylic acids is 1. The van der Waals surface area contributed by atoms with Crippen LogP contribution in [0.3, 0.4) is 0 Å². The number of nitrogens with one attached hydrogen (secondary N) is 1. The minimum Gasteiger partial charge on any atom is -0.308 e. The van der Waals surface area contributed by atoms with E-state index in [0.29, 0.717) is 5.92 Å². The Morgan fingerprint density at radius 1 is 0.914 bits per heavy atom. The molecule has 0 bridgehead atoms. The Kier molecular flexibility index (Phi) is 6.41. The number of piperidine rings is 1. The van der Waals surface area contributed by atoms with Crippen LogP contribution in [0.15, 0.2) is 66.7 Å². The summed E-state index contributed by atoms with van der Waals surface area (Å²) in [6.45, 7) is 12.5. The van der Waals surface area contributed by atoms with Crippen molar-refractivity contribution in [1.82, 2.24) is 4.90 Å². The highest BCUT2D eigenvalue weighted by Crippen LogP contribution is 2.47. The zero-order chi connectivity index (χ0) is 24.6. The molecular formula is C31H37N3O. The minimum absolute atomic E-state index is 0.0317.